The number of hydrogen-bond acceptors (Lipinski definition) is 2. The second-order valence-corrected chi connectivity index (χ2v) is 6.02. The van der Waals surface area contributed by atoms with Gasteiger partial charge in [-0.15, -0.1) is 0 Å². The number of hydrogen-bond donors (Lipinski definition) is 1. The molecule has 0 saturated carbocycles. The zero-order valence-electron chi connectivity index (χ0n) is 11.8. The van der Waals surface area contributed by atoms with Crippen molar-refractivity contribution >= 4 is 28.9 Å². The molecule has 0 saturated heterocycles. The van der Waals surface area contributed by atoms with Crippen LogP contribution < -0.4 is 10.6 Å². The molecule has 0 spiro atoms. The summed E-state index contributed by atoms with van der Waals surface area (Å²) in [5, 5.41) is 0.538. The van der Waals surface area contributed by atoms with Crippen molar-refractivity contribution in [3.8, 4) is 0 Å². The van der Waals surface area contributed by atoms with Gasteiger partial charge in [0.1, 0.15) is 0 Å². The van der Waals surface area contributed by atoms with Crippen molar-refractivity contribution < 1.29 is 4.79 Å². The van der Waals surface area contributed by atoms with Gasteiger partial charge >= 0.3 is 0 Å². The molecule has 1 aliphatic rings. The number of nitrogen functional groups attached to an aromatic ring is 1. The summed E-state index contributed by atoms with van der Waals surface area (Å²) in [5.41, 5.74) is 9.06. The van der Waals surface area contributed by atoms with Gasteiger partial charge in [0.25, 0.3) is 5.91 Å². The fraction of sp³-hybridized carbons (Fsp3) is 0.235. The quantitative estimate of drug-likeness (QED) is 0.815. The van der Waals surface area contributed by atoms with E-state index in [1.165, 1.54) is 5.56 Å². The summed E-state index contributed by atoms with van der Waals surface area (Å²) < 4.78 is 0. The molecule has 0 aromatic heterocycles. The molecule has 1 aliphatic heterocycles. The highest BCUT2D eigenvalue weighted by Gasteiger charge is 2.27. The zero-order valence-corrected chi connectivity index (χ0v) is 12.6. The molecule has 4 heteroatoms. The molecule has 0 radical (unpaired) electrons. The van der Waals surface area contributed by atoms with Crippen LogP contribution in [0.5, 0.6) is 0 Å². The SMILES string of the molecule is CC1Cc2ccccc2N(C(=O)c2ccc(Cl)cc2N)C1. The van der Waals surface area contributed by atoms with Crippen molar-refractivity contribution in [2.75, 3.05) is 17.2 Å². The van der Waals surface area contributed by atoms with E-state index in [1.807, 2.05) is 23.1 Å². The zero-order chi connectivity index (χ0) is 15.0. The predicted octanol–water partition coefficient (Wildman–Crippen LogP) is 3.76. The molecular formula is C17H17ClN2O. The number of fused-ring (bicyclic) bond motifs is 1. The van der Waals surface area contributed by atoms with E-state index in [-0.39, 0.29) is 5.91 Å². The van der Waals surface area contributed by atoms with E-state index in [0.717, 1.165) is 12.1 Å². The highest BCUT2D eigenvalue weighted by Crippen LogP contribution is 2.31. The lowest BCUT2D eigenvalue weighted by atomic mass is 9.93. The minimum atomic E-state index is -0.0665. The Hall–Kier alpha value is -2.00. The van der Waals surface area contributed by atoms with Crippen LogP contribution >= 0.6 is 11.6 Å². The minimum absolute atomic E-state index is 0.0665. The Morgan fingerprint density at radius 2 is 2.05 bits per heavy atom. The van der Waals surface area contributed by atoms with Crippen molar-refractivity contribution in [1.29, 1.82) is 0 Å². The normalized spacial score (nSPS) is 17.4. The van der Waals surface area contributed by atoms with Crippen molar-refractivity contribution in [2.24, 2.45) is 5.92 Å². The largest absolute Gasteiger partial charge is 0.398 e. The predicted molar refractivity (Wildman–Crippen MR) is 86.9 cm³/mol. The van der Waals surface area contributed by atoms with E-state index >= 15 is 0 Å². The van der Waals surface area contributed by atoms with E-state index in [4.69, 9.17) is 17.3 Å². The van der Waals surface area contributed by atoms with E-state index in [9.17, 15) is 4.79 Å². The molecule has 3 nitrogen and oxygen atoms in total. The van der Waals surface area contributed by atoms with Crippen molar-refractivity contribution in [3.63, 3.8) is 0 Å². The molecule has 1 amide bonds. The van der Waals surface area contributed by atoms with Gasteiger partial charge in [-0.3, -0.25) is 4.79 Å². The van der Waals surface area contributed by atoms with Gasteiger partial charge in [0, 0.05) is 22.9 Å². The molecule has 108 valence electrons. The van der Waals surface area contributed by atoms with Crippen LogP contribution in [0.25, 0.3) is 0 Å². The van der Waals surface area contributed by atoms with Gasteiger partial charge in [-0.05, 0) is 42.2 Å². The van der Waals surface area contributed by atoms with Crippen LogP contribution in [-0.4, -0.2) is 12.5 Å². The average Bonchev–Trinajstić information content (AvgIpc) is 2.45. The third kappa shape index (κ3) is 2.61. The molecule has 0 fully saturated rings. The Labute approximate surface area is 129 Å². The van der Waals surface area contributed by atoms with Crippen LogP contribution in [0.2, 0.25) is 5.02 Å². The maximum atomic E-state index is 12.8. The van der Waals surface area contributed by atoms with Gasteiger partial charge < -0.3 is 10.6 Å². The molecule has 1 atom stereocenters. The second-order valence-electron chi connectivity index (χ2n) is 5.59. The number of anilines is 2. The highest BCUT2D eigenvalue weighted by molar-refractivity contribution is 6.31. The molecule has 0 aliphatic carbocycles. The molecule has 1 unspecified atom stereocenters. The topological polar surface area (TPSA) is 46.3 Å². The smallest absolute Gasteiger partial charge is 0.260 e. The number of rotatable bonds is 1. The average molecular weight is 301 g/mol. The standard InChI is InChI=1S/C17H17ClN2O/c1-11-8-12-4-2-3-5-16(12)20(10-11)17(21)14-7-6-13(18)9-15(14)19/h2-7,9,11H,8,10,19H2,1H3. The maximum absolute atomic E-state index is 12.8. The number of nitrogens with zero attached hydrogens (tertiary/aromatic N) is 1. The first-order valence-corrected chi connectivity index (χ1v) is 7.39. The lowest BCUT2D eigenvalue weighted by Crippen LogP contribution is -2.39. The molecular weight excluding hydrogens is 284 g/mol. The number of carbonyl (C=O) groups is 1. The van der Waals surface area contributed by atoms with Crippen molar-refractivity contribution in [2.45, 2.75) is 13.3 Å². The number of carbonyl (C=O) groups excluding carboxylic acids is 1. The summed E-state index contributed by atoms with van der Waals surface area (Å²) in [6, 6.07) is 13.1. The van der Waals surface area contributed by atoms with Crippen LogP contribution in [0.1, 0.15) is 22.8 Å². The Morgan fingerprint density at radius 3 is 2.81 bits per heavy atom. The fourth-order valence-electron chi connectivity index (χ4n) is 2.86. The highest BCUT2D eigenvalue weighted by atomic mass is 35.5. The van der Waals surface area contributed by atoms with Crippen molar-refractivity contribution in [3.05, 3.63) is 58.6 Å². The monoisotopic (exact) mass is 300 g/mol. The summed E-state index contributed by atoms with van der Waals surface area (Å²) in [6.07, 6.45) is 0.996. The lowest BCUT2D eigenvalue weighted by Gasteiger charge is -2.33. The van der Waals surface area contributed by atoms with Gasteiger partial charge in [0.15, 0.2) is 0 Å². The molecule has 3 rings (SSSR count). The third-order valence-corrected chi connectivity index (χ3v) is 4.07. The van der Waals surface area contributed by atoms with E-state index in [2.05, 4.69) is 13.0 Å². The molecule has 2 N–H and O–H groups in total. The number of amides is 1. The number of benzene rings is 2. The first-order chi connectivity index (χ1) is 10.1. The van der Waals surface area contributed by atoms with Crippen molar-refractivity contribution in [1.82, 2.24) is 0 Å². The van der Waals surface area contributed by atoms with E-state index in [0.29, 0.717) is 28.7 Å². The third-order valence-electron chi connectivity index (χ3n) is 3.83. The summed E-state index contributed by atoms with van der Waals surface area (Å²) in [4.78, 5) is 14.7. The van der Waals surface area contributed by atoms with Crippen LogP contribution in [0.4, 0.5) is 11.4 Å². The van der Waals surface area contributed by atoms with E-state index < -0.39 is 0 Å². The molecule has 2 aromatic rings. The van der Waals surface area contributed by atoms with Gasteiger partial charge in [0.05, 0.1) is 5.56 Å². The second kappa shape index (κ2) is 5.41. The Kier molecular flexibility index (Phi) is 3.60. The Balaban J connectivity index is 2.02. The molecule has 21 heavy (non-hydrogen) atoms. The molecule has 1 heterocycles. The fourth-order valence-corrected chi connectivity index (χ4v) is 3.04. The minimum Gasteiger partial charge on any atom is -0.398 e. The van der Waals surface area contributed by atoms with Crippen LogP contribution in [0.3, 0.4) is 0 Å². The van der Waals surface area contributed by atoms with Gasteiger partial charge in [0.2, 0.25) is 0 Å². The maximum Gasteiger partial charge on any atom is 0.260 e. The summed E-state index contributed by atoms with van der Waals surface area (Å²) in [5.74, 6) is 0.362. The first-order valence-electron chi connectivity index (χ1n) is 7.01. The summed E-state index contributed by atoms with van der Waals surface area (Å²) in [6.45, 7) is 2.86. The van der Waals surface area contributed by atoms with Crippen LogP contribution in [0.15, 0.2) is 42.5 Å². The van der Waals surface area contributed by atoms with Gasteiger partial charge in [-0.2, -0.15) is 0 Å². The lowest BCUT2D eigenvalue weighted by molar-refractivity contribution is 0.0982. The van der Waals surface area contributed by atoms with Gasteiger partial charge in [-0.1, -0.05) is 36.7 Å². The van der Waals surface area contributed by atoms with E-state index in [1.54, 1.807) is 18.2 Å². The number of nitrogens with two attached hydrogens (primary N) is 1. The van der Waals surface area contributed by atoms with Gasteiger partial charge in [-0.25, -0.2) is 0 Å². The number of halogens is 1. The summed E-state index contributed by atoms with van der Waals surface area (Å²) in [7, 11) is 0. The molecule has 2 aromatic carbocycles. The van der Waals surface area contributed by atoms with Crippen LogP contribution in [-0.2, 0) is 6.42 Å². The first kappa shape index (κ1) is 14.0. The Bertz CT molecular complexity index is 699. The molecule has 0 bridgehead atoms. The Morgan fingerprint density at radius 1 is 1.29 bits per heavy atom. The number of para-hydroxylation sites is 1. The van der Waals surface area contributed by atoms with Crippen LogP contribution in [0, 0.1) is 5.92 Å². The summed E-state index contributed by atoms with van der Waals surface area (Å²) >= 11 is 5.91.